The lowest BCUT2D eigenvalue weighted by molar-refractivity contribution is 0.413. The van der Waals surface area contributed by atoms with Gasteiger partial charge in [-0.25, -0.2) is 0 Å². The van der Waals surface area contributed by atoms with Crippen LogP contribution in [0.1, 0.15) is 11.1 Å². The first-order chi connectivity index (χ1) is 10.3. The molecular weight excluding hydrogens is 258 g/mol. The van der Waals surface area contributed by atoms with E-state index in [4.69, 9.17) is 10.5 Å². The van der Waals surface area contributed by atoms with E-state index in [1.54, 1.807) is 19.3 Å². The highest BCUT2D eigenvalue weighted by Crippen LogP contribution is 2.15. The van der Waals surface area contributed by atoms with E-state index in [2.05, 4.69) is 23.7 Å². The molecule has 0 bridgehead atoms. The minimum absolute atomic E-state index is 0.679. The molecule has 0 spiro atoms. The highest BCUT2D eigenvalue weighted by molar-refractivity contribution is 5.56. The third kappa shape index (κ3) is 4.20. The Balaban J connectivity index is 2.05. The Morgan fingerprint density at radius 1 is 0.857 bits per heavy atom. The van der Waals surface area contributed by atoms with Crippen LogP contribution in [-0.4, -0.2) is 7.11 Å². The van der Waals surface area contributed by atoms with E-state index in [0.29, 0.717) is 5.69 Å². The second-order valence-electron chi connectivity index (χ2n) is 4.16. The zero-order valence-electron chi connectivity index (χ0n) is 11.8. The first kappa shape index (κ1) is 14.3. The van der Waals surface area contributed by atoms with Gasteiger partial charge >= 0.3 is 0 Å². The summed E-state index contributed by atoms with van der Waals surface area (Å²) in [6, 6.07) is 15.1. The summed E-state index contributed by atoms with van der Waals surface area (Å²) in [5.74, 6) is 12.6. The molecule has 0 unspecified atom stereocenters. The number of allylic oxidation sites excluding steroid dienone is 2. The molecule has 21 heavy (non-hydrogen) atoms. The summed E-state index contributed by atoms with van der Waals surface area (Å²) in [6.45, 7) is 0. The summed E-state index contributed by atoms with van der Waals surface area (Å²) >= 11 is 0. The lowest BCUT2D eigenvalue weighted by Gasteiger charge is -2.00. The van der Waals surface area contributed by atoms with Gasteiger partial charge < -0.3 is 10.5 Å². The van der Waals surface area contributed by atoms with E-state index in [-0.39, 0.29) is 0 Å². The van der Waals surface area contributed by atoms with Gasteiger partial charge in [0.05, 0.1) is 12.7 Å². The maximum Gasteiger partial charge on any atom is 0.134 e. The van der Waals surface area contributed by atoms with Crippen molar-refractivity contribution in [3.05, 3.63) is 71.8 Å². The lowest BCUT2D eigenvalue weighted by Crippen LogP contribution is -1.87. The third-order valence-electron chi connectivity index (χ3n) is 2.73. The van der Waals surface area contributed by atoms with Gasteiger partial charge in [-0.3, -0.25) is 0 Å². The molecule has 0 aliphatic rings. The fourth-order valence-corrected chi connectivity index (χ4v) is 1.68. The van der Waals surface area contributed by atoms with Gasteiger partial charge in [0.25, 0.3) is 0 Å². The molecule has 0 aliphatic heterocycles. The average molecular weight is 273 g/mol. The molecule has 0 heterocycles. The predicted molar refractivity (Wildman–Crippen MR) is 86.7 cm³/mol. The minimum Gasteiger partial charge on any atom is -0.495 e. The average Bonchev–Trinajstić information content (AvgIpc) is 2.52. The van der Waals surface area contributed by atoms with Crippen LogP contribution in [-0.2, 0) is 0 Å². The normalized spacial score (nSPS) is 9.38. The van der Waals surface area contributed by atoms with Crippen molar-refractivity contribution >= 4 is 5.69 Å². The zero-order valence-corrected chi connectivity index (χ0v) is 11.8. The van der Waals surface area contributed by atoms with E-state index in [1.165, 1.54) is 0 Å². The van der Waals surface area contributed by atoms with Crippen molar-refractivity contribution in [2.24, 2.45) is 0 Å². The van der Waals surface area contributed by atoms with Gasteiger partial charge in [0.15, 0.2) is 0 Å². The van der Waals surface area contributed by atoms with Crippen LogP contribution in [0.3, 0.4) is 0 Å². The van der Waals surface area contributed by atoms with E-state index < -0.39 is 0 Å². The highest BCUT2D eigenvalue weighted by Gasteiger charge is 1.95. The van der Waals surface area contributed by atoms with Crippen molar-refractivity contribution in [2.75, 3.05) is 12.8 Å². The molecule has 102 valence electrons. The number of methoxy groups -OCH3 is 1. The molecular formula is C19H15NO. The number of hydrogen-bond acceptors (Lipinski definition) is 2. The van der Waals surface area contributed by atoms with Crippen LogP contribution >= 0.6 is 0 Å². The summed E-state index contributed by atoms with van der Waals surface area (Å²) in [5.41, 5.74) is 8.15. The van der Waals surface area contributed by atoms with Gasteiger partial charge in [0, 0.05) is 11.3 Å². The SMILES string of the molecule is COc1ccccc1C#C/C=C\C#Cc1ccccc1N. The molecule has 2 nitrogen and oxygen atoms in total. The Hall–Kier alpha value is -3.10. The topological polar surface area (TPSA) is 35.2 Å². The molecule has 2 heteroatoms. The molecule has 0 saturated carbocycles. The van der Waals surface area contributed by atoms with Crippen molar-refractivity contribution in [1.82, 2.24) is 0 Å². The Kier molecular flexibility index (Phi) is 5.10. The van der Waals surface area contributed by atoms with Gasteiger partial charge in [0.1, 0.15) is 5.75 Å². The summed E-state index contributed by atoms with van der Waals surface area (Å²) < 4.78 is 5.23. The number of nitrogens with two attached hydrogens (primary N) is 1. The number of ether oxygens (including phenoxy) is 1. The van der Waals surface area contributed by atoms with Crippen LogP contribution < -0.4 is 10.5 Å². The molecule has 0 aromatic heterocycles. The van der Waals surface area contributed by atoms with Crippen molar-refractivity contribution in [3.8, 4) is 29.4 Å². The van der Waals surface area contributed by atoms with E-state index >= 15 is 0 Å². The van der Waals surface area contributed by atoms with Crippen molar-refractivity contribution in [2.45, 2.75) is 0 Å². The number of rotatable bonds is 1. The molecule has 2 N–H and O–H groups in total. The number of nitrogen functional groups attached to an aromatic ring is 1. The van der Waals surface area contributed by atoms with Gasteiger partial charge in [0.2, 0.25) is 0 Å². The number of hydrogen-bond donors (Lipinski definition) is 1. The fraction of sp³-hybridized carbons (Fsp3) is 0.0526. The second kappa shape index (κ2) is 7.48. The smallest absolute Gasteiger partial charge is 0.134 e. The molecule has 0 aliphatic carbocycles. The van der Waals surface area contributed by atoms with E-state index in [0.717, 1.165) is 16.9 Å². The number of benzene rings is 2. The molecule has 2 rings (SSSR count). The fourth-order valence-electron chi connectivity index (χ4n) is 1.68. The Morgan fingerprint density at radius 3 is 2.10 bits per heavy atom. The van der Waals surface area contributed by atoms with Gasteiger partial charge in [-0.05, 0) is 36.4 Å². The van der Waals surface area contributed by atoms with Crippen LogP contribution in [0, 0.1) is 23.7 Å². The summed E-state index contributed by atoms with van der Waals surface area (Å²) in [6.07, 6.45) is 3.41. The third-order valence-corrected chi connectivity index (χ3v) is 2.73. The molecule has 2 aromatic carbocycles. The molecule has 0 fully saturated rings. The summed E-state index contributed by atoms with van der Waals surface area (Å²) in [5, 5.41) is 0. The van der Waals surface area contributed by atoms with Crippen LogP contribution in [0.2, 0.25) is 0 Å². The molecule has 0 atom stereocenters. The van der Waals surface area contributed by atoms with Gasteiger partial charge in [-0.1, -0.05) is 47.9 Å². The van der Waals surface area contributed by atoms with Crippen LogP contribution in [0.5, 0.6) is 5.75 Å². The number of anilines is 1. The largest absolute Gasteiger partial charge is 0.495 e. The minimum atomic E-state index is 0.679. The van der Waals surface area contributed by atoms with E-state index in [1.807, 2.05) is 48.5 Å². The van der Waals surface area contributed by atoms with Crippen LogP contribution in [0.25, 0.3) is 0 Å². The molecule has 0 saturated heterocycles. The zero-order chi connectivity index (χ0) is 14.9. The van der Waals surface area contributed by atoms with Gasteiger partial charge in [-0.15, -0.1) is 0 Å². The first-order valence-corrected chi connectivity index (χ1v) is 6.47. The summed E-state index contributed by atoms with van der Waals surface area (Å²) in [7, 11) is 1.63. The molecule has 0 radical (unpaired) electrons. The van der Waals surface area contributed by atoms with Crippen LogP contribution in [0.4, 0.5) is 5.69 Å². The van der Waals surface area contributed by atoms with Crippen molar-refractivity contribution in [3.63, 3.8) is 0 Å². The van der Waals surface area contributed by atoms with Crippen molar-refractivity contribution in [1.29, 1.82) is 0 Å². The standard InChI is InChI=1S/C19H15NO/c1-21-19-15-9-7-13-17(19)12-5-3-2-4-10-16-11-6-8-14-18(16)20/h2-3,6-9,11,13-15H,20H2,1H3/b3-2-. The maximum absolute atomic E-state index is 5.80. The Bertz CT molecular complexity index is 767. The van der Waals surface area contributed by atoms with Crippen LogP contribution in [0.15, 0.2) is 60.7 Å². The quantitative estimate of drug-likeness (QED) is 0.639. The predicted octanol–water partition coefficient (Wildman–Crippen LogP) is 3.24. The van der Waals surface area contributed by atoms with Crippen molar-refractivity contribution < 1.29 is 4.74 Å². The van der Waals surface area contributed by atoms with Gasteiger partial charge in [-0.2, -0.15) is 0 Å². The first-order valence-electron chi connectivity index (χ1n) is 6.47. The molecule has 2 aromatic rings. The second-order valence-corrected chi connectivity index (χ2v) is 4.16. The number of para-hydroxylation sites is 2. The summed E-state index contributed by atoms with van der Waals surface area (Å²) in [4.78, 5) is 0. The monoisotopic (exact) mass is 273 g/mol. The molecule has 0 amide bonds. The lowest BCUT2D eigenvalue weighted by atomic mass is 10.2. The maximum atomic E-state index is 5.80. The van der Waals surface area contributed by atoms with E-state index in [9.17, 15) is 0 Å². The Labute approximate surface area is 125 Å². The Morgan fingerprint density at radius 2 is 1.43 bits per heavy atom. The highest BCUT2D eigenvalue weighted by atomic mass is 16.5.